The third kappa shape index (κ3) is 7.36. The molecule has 0 unspecified atom stereocenters. The van der Waals surface area contributed by atoms with E-state index < -0.39 is 31.0 Å². The SMILES string of the molecule is O=C(O)CCCCCOC(C(F)(F)F)C(F)(F)F. The highest BCUT2D eigenvalue weighted by Gasteiger charge is 2.57. The first-order valence-electron chi connectivity index (χ1n) is 5.02. The van der Waals surface area contributed by atoms with Crippen molar-refractivity contribution in [2.45, 2.75) is 44.1 Å². The van der Waals surface area contributed by atoms with Gasteiger partial charge in [-0.15, -0.1) is 0 Å². The summed E-state index contributed by atoms with van der Waals surface area (Å²) in [6.07, 6.45) is -14.7. The predicted octanol–water partition coefficient (Wildman–Crippen LogP) is 3.14. The van der Waals surface area contributed by atoms with E-state index in [1.165, 1.54) is 0 Å². The van der Waals surface area contributed by atoms with Crippen LogP contribution < -0.4 is 0 Å². The quantitative estimate of drug-likeness (QED) is 0.576. The molecule has 0 aromatic carbocycles. The molecule has 0 fully saturated rings. The Kier molecular flexibility index (Phi) is 6.44. The zero-order valence-electron chi connectivity index (χ0n) is 9.14. The summed E-state index contributed by atoms with van der Waals surface area (Å²) in [4.78, 5) is 10.1. The van der Waals surface area contributed by atoms with Crippen LogP contribution in [0.4, 0.5) is 26.3 Å². The van der Waals surface area contributed by atoms with E-state index in [0.717, 1.165) is 0 Å². The van der Waals surface area contributed by atoms with Crippen LogP contribution in [0, 0.1) is 0 Å². The lowest BCUT2D eigenvalue weighted by Gasteiger charge is -2.22. The van der Waals surface area contributed by atoms with Gasteiger partial charge >= 0.3 is 18.3 Å². The number of alkyl halides is 6. The zero-order valence-corrected chi connectivity index (χ0v) is 9.14. The average molecular weight is 282 g/mol. The molecule has 18 heavy (non-hydrogen) atoms. The Morgan fingerprint density at radius 1 is 1.00 bits per heavy atom. The van der Waals surface area contributed by atoms with Gasteiger partial charge in [0.1, 0.15) is 0 Å². The number of carboxylic acids is 1. The molecule has 0 heterocycles. The molecule has 0 aliphatic rings. The first-order valence-corrected chi connectivity index (χ1v) is 5.02. The molecule has 108 valence electrons. The monoisotopic (exact) mass is 282 g/mol. The van der Waals surface area contributed by atoms with Crippen molar-refractivity contribution < 1.29 is 41.0 Å². The molecule has 3 nitrogen and oxygen atoms in total. The number of carbonyl (C=O) groups is 1. The van der Waals surface area contributed by atoms with Crippen molar-refractivity contribution in [2.24, 2.45) is 0 Å². The van der Waals surface area contributed by atoms with Gasteiger partial charge in [0.15, 0.2) is 0 Å². The van der Waals surface area contributed by atoms with E-state index in [1.54, 1.807) is 0 Å². The molecule has 9 heteroatoms. The normalized spacial score (nSPS) is 13.1. The second kappa shape index (κ2) is 6.81. The summed E-state index contributed by atoms with van der Waals surface area (Å²) in [6.45, 7) is -0.719. The fourth-order valence-electron chi connectivity index (χ4n) is 1.13. The summed E-state index contributed by atoms with van der Waals surface area (Å²) >= 11 is 0. The Morgan fingerprint density at radius 3 is 1.89 bits per heavy atom. The van der Waals surface area contributed by atoms with Crippen LogP contribution in [0.1, 0.15) is 25.7 Å². The van der Waals surface area contributed by atoms with Crippen molar-refractivity contribution in [3.8, 4) is 0 Å². The minimum atomic E-state index is -5.50. The smallest absolute Gasteiger partial charge is 0.423 e. The molecule has 0 aromatic rings. The highest BCUT2D eigenvalue weighted by atomic mass is 19.4. The van der Waals surface area contributed by atoms with Gasteiger partial charge in [0.25, 0.3) is 0 Å². The standard InChI is InChI=1S/C9H12F6O3/c10-8(11,12)7(9(13,14)15)18-5-3-1-2-4-6(16)17/h7H,1-5H2,(H,16,17). The van der Waals surface area contributed by atoms with Gasteiger partial charge < -0.3 is 9.84 Å². The van der Waals surface area contributed by atoms with Crippen molar-refractivity contribution in [3.05, 3.63) is 0 Å². The van der Waals surface area contributed by atoms with Crippen molar-refractivity contribution in [3.63, 3.8) is 0 Å². The van der Waals surface area contributed by atoms with Crippen LogP contribution in [0.25, 0.3) is 0 Å². The fourth-order valence-corrected chi connectivity index (χ4v) is 1.13. The molecule has 0 amide bonds. The van der Waals surface area contributed by atoms with Gasteiger partial charge in [-0.1, -0.05) is 6.42 Å². The summed E-state index contributed by atoms with van der Waals surface area (Å²) in [5.74, 6) is -1.07. The Labute approximate surface area is 98.7 Å². The molecular formula is C9H12F6O3. The third-order valence-corrected chi connectivity index (χ3v) is 1.91. The Balaban J connectivity index is 3.97. The van der Waals surface area contributed by atoms with Crippen molar-refractivity contribution in [2.75, 3.05) is 6.61 Å². The minimum absolute atomic E-state index is 0.0596. The van der Waals surface area contributed by atoms with E-state index >= 15 is 0 Å². The summed E-state index contributed by atoms with van der Waals surface area (Å²) in [6, 6.07) is 0. The molecule has 0 spiro atoms. The number of unbranched alkanes of at least 4 members (excludes halogenated alkanes) is 2. The molecule has 0 bridgehead atoms. The summed E-state index contributed by atoms with van der Waals surface area (Å²) in [7, 11) is 0. The lowest BCUT2D eigenvalue weighted by atomic mass is 10.2. The molecule has 1 N–H and O–H groups in total. The van der Waals surface area contributed by atoms with E-state index in [-0.39, 0.29) is 25.7 Å². The molecular weight excluding hydrogens is 270 g/mol. The minimum Gasteiger partial charge on any atom is -0.481 e. The van der Waals surface area contributed by atoms with Gasteiger partial charge in [-0.25, -0.2) is 0 Å². The molecule has 0 aliphatic heterocycles. The molecule has 0 atom stereocenters. The molecule has 0 radical (unpaired) electrons. The number of rotatable bonds is 7. The van der Waals surface area contributed by atoms with Crippen molar-refractivity contribution in [1.82, 2.24) is 0 Å². The Morgan fingerprint density at radius 2 is 1.50 bits per heavy atom. The number of hydrogen-bond acceptors (Lipinski definition) is 2. The van der Waals surface area contributed by atoms with E-state index in [2.05, 4.69) is 4.74 Å². The van der Waals surface area contributed by atoms with Crippen LogP contribution in [-0.4, -0.2) is 36.1 Å². The first kappa shape index (κ1) is 17.0. The van der Waals surface area contributed by atoms with Gasteiger partial charge in [0.2, 0.25) is 6.10 Å². The summed E-state index contributed by atoms with van der Waals surface area (Å²) in [5, 5.41) is 8.24. The maximum absolute atomic E-state index is 12.0. The van der Waals surface area contributed by atoms with Gasteiger partial charge in [0.05, 0.1) is 0 Å². The molecule has 0 saturated carbocycles. The van der Waals surface area contributed by atoms with Crippen LogP contribution >= 0.6 is 0 Å². The number of halogens is 6. The maximum atomic E-state index is 12.0. The van der Waals surface area contributed by atoms with Crippen molar-refractivity contribution in [1.29, 1.82) is 0 Å². The lowest BCUT2D eigenvalue weighted by Crippen LogP contribution is -2.44. The summed E-state index contributed by atoms with van der Waals surface area (Å²) in [5.41, 5.74) is 0. The molecule has 0 rings (SSSR count). The fraction of sp³-hybridized carbons (Fsp3) is 0.889. The predicted molar refractivity (Wildman–Crippen MR) is 48.0 cm³/mol. The molecule has 0 aromatic heterocycles. The zero-order chi connectivity index (χ0) is 14.4. The molecule has 0 saturated heterocycles. The van der Waals surface area contributed by atoms with E-state index in [1.807, 2.05) is 0 Å². The molecule has 0 aliphatic carbocycles. The van der Waals surface area contributed by atoms with E-state index in [4.69, 9.17) is 5.11 Å². The van der Waals surface area contributed by atoms with Gasteiger partial charge in [-0.3, -0.25) is 4.79 Å². The van der Waals surface area contributed by atoms with Crippen LogP contribution in [0.2, 0.25) is 0 Å². The van der Waals surface area contributed by atoms with Crippen LogP contribution in [0.5, 0.6) is 0 Å². The topological polar surface area (TPSA) is 46.5 Å². The Bertz CT molecular complexity index is 246. The van der Waals surface area contributed by atoms with Crippen molar-refractivity contribution >= 4 is 5.97 Å². The Hall–Kier alpha value is -0.990. The average Bonchev–Trinajstić information content (AvgIpc) is 2.11. The highest BCUT2D eigenvalue weighted by molar-refractivity contribution is 5.66. The number of hydrogen-bond donors (Lipinski definition) is 1. The van der Waals surface area contributed by atoms with Gasteiger partial charge in [0, 0.05) is 13.0 Å². The highest BCUT2D eigenvalue weighted by Crippen LogP contribution is 2.35. The van der Waals surface area contributed by atoms with E-state index in [9.17, 15) is 31.1 Å². The lowest BCUT2D eigenvalue weighted by molar-refractivity contribution is -0.321. The second-order valence-corrected chi connectivity index (χ2v) is 3.54. The summed E-state index contributed by atoms with van der Waals surface area (Å²) < 4.78 is 75.6. The largest absolute Gasteiger partial charge is 0.481 e. The van der Waals surface area contributed by atoms with Crippen LogP contribution in [-0.2, 0) is 9.53 Å². The first-order chi connectivity index (χ1) is 8.05. The second-order valence-electron chi connectivity index (χ2n) is 3.54. The van der Waals surface area contributed by atoms with Crippen LogP contribution in [0.3, 0.4) is 0 Å². The van der Waals surface area contributed by atoms with Gasteiger partial charge in [-0.2, -0.15) is 26.3 Å². The number of ether oxygens (including phenoxy) is 1. The third-order valence-electron chi connectivity index (χ3n) is 1.91. The van der Waals surface area contributed by atoms with Crippen LogP contribution in [0.15, 0.2) is 0 Å². The number of carboxylic acid groups (broad SMARTS) is 1. The number of aliphatic carboxylic acids is 1. The maximum Gasteiger partial charge on any atom is 0.423 e. The van der Waals surface area contributed by atoms with E-state index in [0.29, 0.717) is 0 Å². The van der Waals surface area contributed by atoms with Gasteiger partial charge in [-0.05, 0) is 12.8 Å².